The Kier molecular flexibility index (Phi) is 4.34. The average molecular weight is 225 g/mol. The van der Waals surface area contributed by atoms with Crippen LogP contribution in [-0.2, 0) is 4.79 Å². The van der Waals surface area contributed by atoms with Crippen LogP contribution in [0.4, 0.5) is 4.79 Å². The molecule has 1 rings (SSSR count). The largest absolute Gasteiger partial charge is 0.344 e. The normalized spacial score (nSPS) is 20.5. The second-order valence-electron chi connectivity index (χ2n) is 4.13. The minimum absolute atomic E-state index is 0.0578. The summed E-state index contributed by atoms with van der Waals surface area (Å²) in [5.41, 5.74) is 0. The number of nitrogens with zero attached hydrogens (tertiary/aromatic N) is 2. The van der Waals surface area contributed by atoms with Crippen LogP contribution < -0.4 is 5.32 Å². The van der Waals surface area contributed by atoms with Crippen molar-refractivity contribution in [2.24, 2.45) is 0 Å². The number of carbonyl (C=O) groups is 2. The Morgan fingerprint density at radius 3 is 3.00 bits per heavy atom. The Morgan fingerprint density at radius 1 is 1.75 bits per heavy atom. The van der Waals surface area contributed by atoms with E-state index in [-0.39, 0.29) is 18.0 Å². The second-order valence-corrected chi connectivity index (χ2v) is 4.13. The summed E-state index contributed by atoms with van der Waals surface area (Å²) < 4.78 is 0. The molecule has 0 bridgehead atoms. The first-order valence-corrected chi connectivity index (χ1v) is 5.41. The maximum atomic E-state index is 11.7. The summed E-state index contributed by atoms with van der Waals surface area (Å²) in [5.74, 6) is 0.143. The van der Waals surface area contributed by atoms with E-state index in [2.05, 4.69) is 11.9 Å². The Morgan fingerprint density at radius 2 is 2.44 bits per heavy atom. The summed E-state index contributed by atoms with van der Waals surface area (Å²) in [5, 5.41) is 2.90. The van der Waals surface area contributed by atoms with Gasteiger partial charge in [0.05, 0.1) is 0 Å². The first-order valence-electron chi connectivity index (χ1n) is 5.41. The molecule has 5 heteroatoms. The van der Waals surface area contributed by atoms with Gasteiger partial charge in [-0.1, -0.05) is 6.08 Å². The van der Waals surface area contributed by atoms with Gasteiger partial charge in [-0.05, 0) is 6.42 Å². The lowest BCUT2D eigenvalue weighted by atomic mass is 10.1. The quantitative estimate of drug-likeness (QED) is 0.708. The van der Waals surface area contributed by atoms with Crippen molar-refractivity contribution in [2.75, 3.05) is 27.2 Å². The lowest BCUT2D eigenvalue weighted by molar-refractivity contribution is -0.132. The van der Waals surface area contributed by atoms with Crippen LogP contribution in [0.25, 0.3) is 0 Å². The number of rotatable bonds is 3. The molecule has 0 aromatic carbocycles. The lowest BCUT2D eigenvalue weighted by Gasteiger charge is -2.31. The van der Waals surface area contributed by atoms with Crippen molar-refractivity contribution in [3.63, 3.8) is 0 Å². The number of amides is 3. The molecular weight excluding hydrogens is 206 g/mol. The molecule has 1 aliphatic heterocycles. The first-order chi connectivity index (χ1) is 7.54. The summed E-state index contributed by atoms with van der Waals surface area (Å²) in [7, 11) is 3.48. The summed E-state index contributed by atoms with van der Waals surface area (Å²) in [4.78, 5) is 26.1. The van der Waals surface area contributed by atoms with Crippen LogP contribution in [0.2, 0.25) is 0 Å². The Balaban J connectivity index is 2.40. The predicted molar refractivity (Wildman–Crippen MR) is 62.0 cm³/mol. The van der Waals surface area contributed by atoms with Crippen molar-refractivity contribution >= 4 is 11.9 Å². The minimum atomic E-state index is -0.118. The Hall–Kier alpha value is -1.52. The molecule has 0 aliphatic carbocycles. The van der Waals surface area contributed by atoms with Crippen LogP contribution >= 0.6 is 0 Å². The molecule has 3 amide bonds. The monoisotopic (exact) mass is 225 g/mol. The third-order valence-corrected chi connectivity index (χ3v) is 2.70. The lowest BCUT2D eigenvalue weighted by Crippen LogP contribution is -2.51. The molecule has 1 aliphatic rings. The van der Waals surface area contributed by atoms with E-state index in [4.69, 9.17) is 0 Å². The van der Waals surface area contributed by atoms with Gasteiger partial charge in [0.1, 0.15) is 0 Å². The van der Waals surface area contributed by atoms with E-state index in [9.17, 15) is 9.59 Å². The number of carbonyl (C=O) groups excluding carboxylic acids is 2. The summed E-state index contributed by atoms with van der Waals surface area (Å²) in [6.45, 7) is 4.69. The van der Waals surface area contributed by atoms with Crippen LogP contribution in [0.1, 0.15) is 12.8 Å². The summed E-state index contributed by atoms with van der Waals surface area (Å²) in [6, 6.07) is -0.0601. The van der Waals surface area contributed by atoms with E-state index in [1.807, 2.05) is 0 Å². The van der Waals surface area contributed by atoms with E-state index in [1.54, 1.807) is 30.0 Å². The fourth-order valence-electron chi connectivity index (χ4n) is 1.69. The van der Waals surface area contributed by atoms with E-state index in [1.165, 1.54) is 0 Å². The van der Waals surface area contributed by atoms with Gasteiger partial charge >= 0.3 is 6.03 Å². The first kappa shape index (κ1) is 12.5. The van der Waals surface area contributed by atoms with Gasteiger partial charge < -0.3 is 15.1 Å². The highest BCUT2D eigenvalue weighted by Crippen LogP contribution is 2.09. The number of urea groups is 1. The molecule has 90 valence electrons. The van der Waals surface area contributed by atoms with Crippen LogP contribution in [0.5, 0.6) is 0 Å². The van der Waals surface area contributed by atoms with Gasteiger partial charge in [-0.15, -0.1) is 6.58 Å². The number of hydrogen-bond donors (Lipinski definition) is 1. The van der Waals surface area contributed by atoms with Crippen LogP contribution in [0.3, 0.4) is 0 Å². The molecular formula is C11H19N3O2. The van der Waals surface area contributed by atoms with Crippen molar-refractivity contribution < 1.29 is 9.59 Å². The zero-order valence-corrected chi connectivity index (χ0v) is 9.90. The standard InChI is InChI=1S/C11H19N3O2/c1-4-7-13(2)11(16)12-9-5-6-10(15)14(3)8-9/h4,9H,1,5-8H2,2-3H3,(H,12,16). The van der Waals surface area contributed by atoms with Crippen molar-refractivity contribution in [3.8, 4) is 0 Å². The van der Waals surface area contributed by atoms with Gasteiger partial charge in [0.2, 0.25) is 5.91 Å². The number of hydrogen-bond acceptors (Lipinski definition) is 2. The Labute approximate surface area is 96.1 Å². The van der Waals surface area contributed by atoms with Gasteiger partial charge in [0, 0.05) is 39.6 Å². The zero-order chi connectivity index (χ0) is 12.1. The highest BCUT2D eigenvalue weighted by molar-refractivity contribution is 5.78. The topological polar surface area (TPSA) is 52.7 Å². The van der Waals surface area contributed by atoms with E-state index >= 15 is 0 Å². The molecule has 0 aromatic rings. The molecule has 0 spiro atoms. The van der Waals surface area contributed by atoms with E-state index < -0.39 is 0 Å². The molecule has 1 atom stereocenters. The highest BCUT2D eigenvalue weighted by atomic mass is 16.2. The van der Waals surface area contributed by atoms with Gasteiger partial charge in [0.15, 0.2) is 0 Å². The van der Waals surface area contributed by atoms with Gasteiger partial charge in [-0.25, -0.2) is 4.79 Å². The number of nitrogens with one attached hydrogen (secondary N) is 1. The number of likely N-dealkylation sites (tertiary alicyclic amines) is 1. The van der Waals surface area contributed by atoms with Crippen molar-refractivity contribution in [1.82, 2.24) is 15.1 Å². The van der Waals surface area contributed by atoms with Gasteiger partial charge in [0.25, 0.3) is 0 Å². The maximum absolute atomic E-state index is 11.7. The second kappa shape index (κ2) is 5.53. The van der Waals surface area contributed by atoms with Crippen LogP contribution in [0, 0.1) is 0 Å². The molecule has 1 heterocycles. The summed E-state index contributed by atoms with van der Waals surface area (Å²) >= 11 is 0. The maximum Gasteiger partial charge on any atom is 0.317 e. The highest BCUT2D eigenvalue weighted by Gasteiger charge is 2.24. The van der Waals surface area contributed by atoms with Crippen molar-refractivity contribution in [1.29, 1.82) is 0 Å². The van der Waals surface area contributed by atoms with Gasteiger partial charge in [-0.2, -0.15) is 0 Å². The fraction of sp³-hybridized carbons (Fsp3) is 0.636. The van der Waals surface area contributed by atoms with E-state index in [0.29, 0.717) is 19.5 Å². The molecule has 16 heavy (non-hydrogen) atoms. The molecule has 5 nitrogen and oxygen atoms in total. The predicted octanol–water partition coefficient (Wildman–Crippen LogP) is 0.435. The smallest absolute Gasteiger partial charge is 0.317 e. The molecule has 0 radical (unpaired) electrons. The summed E-state index contributed by atoms with van der Waals surface area (Å²) in [6.07, 6.45) is 2.90. The third-order valence-electron chi connectivity index (χ3n) is 2.70. The number of likely N-dealkylation sites (N-methyl/N-ethyl adjacent to an activating group) is 2. The SMILES string of the molecule is C=CCN(C)C(=O)NC1CCC(=O)N(C)C1. The molecule has 1 unspecified atom stereocenters. The molecule has 1 fully saturated rings. The number of piperidine rings is 1. The fourth-order valence-corrected chi connectivity index (χ4v) is 1.69. The average Bonchev–Trinajstić information content (AvgIpc) is 2.24. The molecule has 0 saturated carbocycles. The van der Waals surface area contributed by atoms with Gasteiger partial charge in [-0.3, -0.25) is 4.79 Å². The minimum Gasteiger partial charge on any atom is -0.344 e. The van der Waals surface area contributed by atoms with E-state index in [0.717, 1.165) is 6.42 Å². The zero-order valence-electron chi connectivity index (χ0n) is 9.90. The Bertz CT molecular complexity index is 291. The molecule has 0 aromatic heterocycles. The molecule has 1 saturated heterocycles. The van der Waals surface area contributed by atoms with Crippen LogP contribution in [-0.4, -0.2) is 55.0 Å². The van der Waals surface area contributed by atoms with Crippen LogP contribution in [0.15, 0.2) is 12.7 Å². The van der Waals surface area contributed by atoms with Crippen molar-refractivity contribution in [3.05, 3.63) is 12.7 Å². The third kappa shape index (κ3) is 3.25. The molecule has 1 N–H and O–H groups in total. The van der Waals surface area contributed by atoms with Crippen molar-refractivity contribution in [2.45, 2.75) is 18.9 Å².